The fourth-order valence-electron chi connectivity index (χ4n) is 4.00. The van der Waals surface area contributed by atoms with E-state index in [1.165, 1.54) is 0 Å². The Morgan fingerprint density at radius 2 is 1.70 bits per heavy atom. The molecule has 0 aromatic heterocycles. The van der Waals surface area contributed by atoms with E-state index in [4.69, 9.17) is 11.6 Å². The number of nitrogens with one attached hydrogen (secondary N) is 3. The zero-order chi connectivity index (χ0) is 27.2. The van der Waals surface area contributed by atoms with Crippen molar-refractivity contribution in [2.24, 2.45) is 5.92 Å². The summed E-state index contributed by atoms with van der Waals surface area (Å²) in [5.41, 5.74) is 2.36. The van der Waals surface area contributed by atoms with Crippen LogP contribution in [0.4, 0.5) is 10.5 Å². The lowest BCUT2D eigenvalue weighted by Gasteiger charge is -2.35. The average Bonchev–Trinajstić information content (AvgIpc) is 2.82. The van der Waals surface area contributed by atoms with Crippen LogP contribution in [0, 0.1) is 5.92 Å². The molecule has 37 heavy (non-hydrogen) atoms. The van der Waals surface area contributed by atoms with Crippen molar-refractivity contribution >= 4 is 35.1 Å². The number of carbonyl (C=O) groups is 3. The maximum absolute atomic E-state index is 13.1. The maximum Gasteiger partial charge on any atom is 0.319 e. The number of rotatable bonds is 7. The van der Waals surface area contributed by atoms with Crippen molar-refractivity contribution in [3.63, 3.8) is 0 Å². The van der Waals surface area contributed by atoms with Gasteiger partial charge in [0.1, 0.15) is 0 Å². The predicted molar refractivity (Wildman–Crippen MR) is 148 cm³/mol. The van der Waals surface area contributed by atoms with E-state index in [0.29, 0.717) is 53.9 Å². The molecule has 0 atom stereocenters. The molecule has 0 aliphatic carbocycles. The molecule has 8 nitrogen and oxygen atoms in total. The van der Waals surface area contributed by atoms with E-state index in [2.05, 4.69) is 20.9 Å². The van der Waals surface area contributed by atoms with Crippen LogP contribution in [-0.2, 0) is 6.54 Å². The largest absolute Gasteiger partial charge is 0.347 e. The summed E-state index contributed by atoms with van der Waals surface area (Å²) in [5.74, 6) is 0.139. The van der Waals surface area contributed by atoms with Gasteiger partial charge < -0.3 is 20.9 Å². The Kier molecular flexibility index (Phi) is 9.56. The van der Waals surface area contributed by atoms with E-state index >= 15 is 0 Å². The predicted octanol–water partition coefficient (Wildman–Crippen LogP) is 4.60. The van der Waals surface area contributed by atoms with E-state index in [9.17, 15) is 14.4 Å². The van der Waals surface area contributed by atoms with Gasteiger partial charge in [-0.2, -0.15) is 0 Å². The highest BCUT2D eigenvalue weighted by atomic mass is 35.5. The van der Waals surface area contributed by atoms with Crippen molar-refractivity contribution in [2.75, 3.05) is 38.0 Å². The molecule has 0 radical (unpaired) electrons. The second-order valence-corrected chi connectivity index (χ2v) is 11.3. The van der Waals surface area contributed by atoms with Crippen LogP contribution in [0.25, 0.3) is 0 Å². The van der Waals surface area contributed by atoms with Gasteiger partial charge in [0.25, 0.3) is 11.8 Å². The molecule has 3 rings (SSSR count). The average molecular weight is 528 g/mol. The van der Waals surface area contributed by atoms with Crippen LogP contribution in [0.3, 0.4) is 0 Å². The van der Waals surface area contributed by atoms with Gasteiger partial charge in [0.2, 0.25) is 0 Å². The standard InChI is InChI=1S/C28H38ClN5O3/c1-19(2)17-30-27(37)31-22-9-10-23(24(29)16-22)26(36)34-13-11-33(12-14-34)18-20-7-6-8-21(15-20)25(35)32-28(3,4)5/h6-10,15-16,19H,11-14,17-18H2,1-5H3,(H,32,35)(H2,30,31,37). The van der Waals surface area contributed by atoms with Crippen molar-refractivity contribution in [2.45, 2.75) is 46.7 Å². The highest BCUT2D eigenvalue weighted by Gasteiger charge is 2.24. The van der Waals surface area contributed by atoms with Crippen molar-refractivity contribution in [1.29, 1.82) is 0 Å². The summed E-state index contributed by atoms with van der Waals surface area (Å²) in [7, 11) is 0. The lowest BCUT2D eigenvalue weighted by Crippen LogP contribution is -2.48. The summed E-state index contributed by atoms with van der Waals surface area (Å²) in [6.45, 7) is 13.8. The van der Waals surface area contributed by atoms with Gasteiger partial charge in [-0.1, -0.05) is 37.6 Å². The van der Waals surface area contributed by atoms with Crippen molar-refractivity contribution in [1.82, 2.24) is 20.4 Å². The molecule has 2 aromatic carbocycles. The Bertz CT molecular complexity index is 1120. The Labute approximate surface area is 224 Å². The molecule has 0 bridgehead atoms. The summed E-state index contributed by atoms with van der Waals surface area (Å²) >= 11 is 6.41. The maximum atomic E-state index is 13.1. The summed E-state index contributed by atoms with van der Waals surface area (Å²) < 4.78 is 0. The van der Waals surface area contributed by atoms with Crippen LogP contribution < -0.4 is 16.0 Å². The third kappa shape index (κ3) is 8.76. The van der Waals surface area contributed by atoms with Gasteiger partial charge in [-0.25, -0.2) is 4.79 Å². The van der Waals surface area contributed by atoms with Crippen LogP contribution in [0.15, 0.2) is 42.5 Å². The fourth-order valence-corrected chi connectivity index (χ4v) is 4.26. The summed E-state index contributed by atoms with van der Waals surface area (Å²) in [6, 6.07) is 12.3. The van der Waals surface area contributed by atoms with E-state index in [-0.39, 0.29) is 23.4 Å². The first-order valence-electron chi connectivity index (χ1n) is 12.7. The SMILES string of the molecule is CC(C)CNC(=O)Nc1ccc(C(=O)N2CCN(Cc3cccc(C(=O)NC(C)(C)C)c3)CC2)c(Cl)c1. The van der Waals surface area contributed by atoms with Gasteiger partial charge in [0.15, 0.2) is 0 Å². The quantitative estimate of drug-likeness (QED) is 0.490. The zero-order valence-corrected chi connectivity index (χ0v) is 23.1. The molecular weight excluding hydrogens is 490 g/mol. The van der Waals surface area contributed by atoms with Gasteiger partial charge in [-0.15, -0.1) is 0 Å². The lowest BCUT2D eigenvalue weighted by atomic mass is 10.1. The van der Waals surface area contributed by atoms with E-state index in [1.54, 1.807) is 23.1 Å². The normalized spacial score (nSPS) is 14.4. The number of amides is 4. The van der Waals surface area contributed by atoms with E-state index in [1.807, 2.05) is 58.9 Å². The minimum atomic E-state index is -0.305. The number of halogens is 1. The number of benzene rings is 2. The van der Waals surface area contributed by atoms with Crippen LogP contribution in [0.5, 0.6) is 0 Å². The van der Waals surface area contributed by atoms with Crippen LogP contribution in [-0.4, -0.2) is 65.9 Å². The molecule has 0 unspecified atom stereocenters. The summed E-state index contributed by atoms with van der Waals surface area (Å²) in [6.07, 6.45) is 0. The first kappa shape index (κ1) is 28.5. The van der Waals surface area contributed by atoms with E-state index < -0.39 is 0 Å². The van der Waals surface area contributed by atoms with Crippen molar-refractivity contribution in [3.05, 3.63) is 64.2 Å². The number of hydrogen-bond donors (Lipinski definition) is 3. The second kappa shape index (κ2) is 12.4. The Morgan fingerprint density at radius 1 is 1.00 bits per heavy atom. The molecule has 2 aromatic rings. The lowest BCUT2D eigenvalue weighted by molar-refractivity contribution is 0.0628. The molecule has 1 saturated heterocycles. The van der Waals surface area contributed by atoms with Gasteiger partial charge in [0, 0.05) is 56.1 Å². The molecule has 0 spiro atoms. The monoisotopic (exact) mass is 527 g/mol. The van der Waals surface area contributed by atoms with Gasteiger partial charge in [0.05, 0.1) is 10.6 Å². The van der Waals surface area contributed by atoms with Crippen molar-refractivity contribution < 1.29 is 14.4 Å². The highest BCUT2D eigenvalue weighted by Crippen LogP contribution is 2.23. The van der Waals surface area contributed by atoms with Gasteiger partial charge in [-0.05, 0) is 62.6 Å². The number of anilines is 1. The number of piperazine rings is 1. The third-order valence-corrected chi connectivity index (χ3v) is 6.18. The number of nitrogens with zero attached hydrogens (tertiary/aromatic N) is 2. The molecule has 200 valence electrons. The Balaban J connectivity index is 1.53. The van der Waals surface area contributed by atoms with Crippen LogP contribution >= 0.6 is 11.6 Å². The highest BCUT2D eigenvalue weighted by molar-refractivity contribution is 6.34. The molecule has 1 heterocycles. The minimum Gasteiger partial charge on any atom is -0.347 e. The second-order valence-electron chi connectivity index (χ2n) is 10.9. The Hall–Kier alpha value is -3.10. The fraction of sp³-hybridized carbons (Fsp3) is 0.464. The Morgan fingerprint density at radius 3 is 2.32 bits per heavy atom. The van der Waals surface area contributed by atoms with Crippen LogP contribution in [0.2, 0.25) is 5.02 Å². The number of urea groups is 1. The first-order valence-corrected chi connectivity index (χ1v) is 13.1. The third-order valence-electron chi connectivity index (χ3n) is 5.87. The van der Waals surface area contributed by atoms with Crippen LogP contribution in [0.1, 0.15) is 60.9 Å². The van der Waals surface area contributed by atoms with Crippen molar-refractivity contribution in [3.8, 4) is 0 Å². The topological polar surface area (TPSA) is 93.8 Å². The summed E-state index contributed by atoms with van der Waals surface area (Å²) in [5, 5.41) is 8.83. The smallest absolute Gasteiger partial charge is 0.319 e. The van der Waals surface area contributed by atoms with Gasteiger partial charge >= 0.3 is 6.03 Å². The molecule has 1 aliphatic heterocycles. The molecular formula is C28H38ClN5O3. The molecule has 9 heteroatoms. The molecule has 3 N–H and O–H groups in total. The van der Waals surface area contributed by atoms with Gasteiger partial charge in [-0.3, -0.25) is 14.5 Å². The van der Waals surface area contributed by atoms with E-state index in [0.717, 1.165) is 18.7 Å². The number of hydrogen-bond acceptors (Lipinski definition) is 4. The molecule has 0 saturated carbocycles. The summed E-state index contributed by atoms with van der Waals surface area (Å²) in [4.78, 5) is 41.7. The molecule has 1 aliphatic rings. The minimum absolute atomic E-state index is 0.0842. The zero-order valence-electron chi connectivity index (χ0n) is 22.4. The first-order chi connectivity index (χ1) is 17.4. The molecule has 4 amide bonds. The molecule has 1 fully saturated rings. The number of carbonyl (C=O) groups excluding carboxylic acids is 3.